The molecule has 0 aliphatic carbocycles. The molecule has 0 radical (unpaired) electrons. The largest absolute Gasteiger partial charge is 0.497 e. The van der Waals surface area contributed by atoms with Crippen LogP contribution in [0.25, 0.3) is 21.3 Å². The molecule has 0 spiro atoms. The van der Waals surface area contributed by atoms with Crippen LogP contribution in [0.15, 0.2) is 90.6 Å². The number of rotatable bonds is 7. The summed E-state index contributed by atoms with van der Waals surface area (Å²) in [7, 11) is 1.69. The molecule has 6 rings (SSSR count). The van der Waals surface area contributed by atoms with Crippen LogP contribution in [0.2, 0.25) is 0 Å². The molecule has 0 amide bonds. The van der Waals surface area contributed by atoms with Crippen molar-refractivity contribution >= 4 is 27.4 Å². The third kappa shape index (κ3) is 4.52. The molecular formula is C30H27N3O2S. The maximum atomic E-state index is 6.08. The average molecular weight is 494 g/mol. The Balaban J connectivity index is 1.29. The summed E-state index contributed by atoms with van der Waals surface area (Å²) in [5, 5.41) is 3.33. The van der Waals surface area contributed by atoms with Gasteiger partial charge in [0.2, 0.25) is 0 Å². The first-order valence-corrected chi connectivity index (χ1v) is 13.1. The predicted octanol–water partition coefficient (Wildman–Crippen LogP) is 7.37. The molecule has 0 saturated carbocycles. The molecule has 0 N–H and O–H groups in total. The van der Waals surface area contributed by atoms with Gasteiger partial charge in [-0.25, -0.2) is 9.97 Å². The number of para-hydroxylation sites is 1. The highest BCUT2D eigenvalue weighted by Crippen LogP contribution is 2.40. The van der Waals surface area contributed by atoms with Crippen molar-refractivity contribution in [2.24, 2.45) is 0 Å². The minimum Gasteiger partial charge on any atom is -0.497 e. The second kappa shape index (κ2) is 9.99. The van der Waals surface area contributed by atoms with E-state index in [1.54, 1.807) is 24.8 Å². The molecule has 180 valence electrons. The van der Waals surface area contributed by atoms with Crippen molar-refractivity contribution < 1.29 is 9.47 Å². The van der Waals surface area contributed by atoms with Crippen LogP contribution >= 0.6 is 11.3 Å². The van der Waals surface area contributed by atoms with Gasteiger partial charge in [-0.1, -0.05) is 42.5 Å². The summed E-state index contributed by atoms with van der Waals surface area (Å²) in [6.45, 7) is 0.995. The number of ether oxygens (including phenoxy) is 2. The van der Waals surface area contributed by atoms with Gasteiger partial charge in [0.05, 0.1) is 12.5 Å². The number of hydrogen-bond acceptors (Lipinski definition) is 6. The van der Waals surface area contributed by atoms with Gasteiger partial charge in [0.1, 0.15) is 34.2 Å². The van der Waals surface area contributed by atoms with Crippen LogP contribution in [0.1, 0.15) is 18.4 Å². The number of benzene rings is 3. The van der Waals surface area contributed by atoms with E-state index < -0.39 is 0 Å². The topological polar surface area (TPSA) is 47.5 Å². The second-order valence-electron chi connectivity index (χ2n) is 9.01. The van der Waals surface area contributed by atoms with Crippen molar-refractivity contribution in [3.05, 3.63) is 96.1 Å². The molecule has 36 heavy (non-hydrogen) atoms. The molecular weight excluding hydrogens is 466 g/mol. The van der Waals surface area contributed by atoms with Crippen molar-refractivity contribution in [3.63, 3.8) is 0 Å². The third-order valence-corrected chi connectivity index (χ3v) is 7.64. The number of hydrogen-bond donors (Lipinski definition) is 0. The van der Waals surface area contributed by atoms with Gasteiger partial charge in [0.15, 0.2) is 0 Å². The van der Waals surface area contributed by atoms with E-state index in [0.29, 0.717) is 6.04 Å². The summed E-state index contributed by atoms with van der Waals surface area (Å²) < 4.78 is 11.4. The highest BCUT2D eigenvalue weighted by atomic mass is 32.1. The number of anilines is 1. The van der Waals surface area contributed by atoms with Gasteiger partial charge in [0.25, 0.3) is 0 Å². The molecule has 6 heteroatoms. The molecule has 5 nitrogen and oxygen atoms in total. The smallest absolute Gasteiger partial charge is 0.141 e. The molecule has 5 aromatic rings. The summed E-state index contributed by atoms with van der Waals surface area (Å²) in [6.07, 6.45) is 4.94. The first-order chi connectivity index (χ1) is 17.8. The second-order valence-corrected chi connectivity index (χ2v) is 9.87. The quantitative estimate of drug-likeness (QED) is 0.237. The van der Waals surface area contributed by atoms with Crippen molar-refractivity contribution in [2.75, 3.05) is 18.6 Å². The molecule has 1 saturated heterocycles. The predicted molar refractivity (Wildman–Crippen MR) is 146 cm³/mol. The molecule has 1 unspecified atom stereocenters. The van der Waals surface area contributed by atoms with Gasteiger partial charge >= 0.3 is 0 Å². The minimum absolute atomic E-state index is 0.374. The first kappa shape index (κ1) is 22.6. The van der Waals surface area contributed by atoms with E-state index in [2.05, 4.69) is 45.6 Å². The van der Waals surface area contributed by atoms with E-state index in [1.807, 2.05) is 48.5 Å². The van der Waals surface area contributed by atoms with E-state index in [1.165, 1.54) is 11.1 Å². The van der Waals surface area contributed by atoms with Gasteiger partial charge in [-0.2, -0.15) is 0 Å². The van der Waals surface area contributed by atoms with Crippen molar-refractivity contribution in [1.29, 1.82) is 0 Å². The van der Waals surface area contributed by atoms with Crippen molar-refractivity contribution in [1.82, 2.24) is 9.97 Å². The van der Waals surface area contributed by atoms with Crippen LogP contribution < -0.4 is 14.4 Å². The molecule has 1 aliphatic rings. The summed E-state index contributed by atoms with van der Waals surface area (Å²) in [4.78, 5) is 12.9. The van der Waals surface area contributed by atoms with E-state index >= 15 is 0 Å². The Hall–Kier alpha value is -3.90. The average Bonchev–Trinajstić information content (AvgIpc) is 3.57. The van der Waals surface area contributed by atoms with Gasteiger partial charge < -0.3 is 14.4 Å². The fraction of sp³-hybridized carbons (Fsp3) is 0.200. The minimum atomic E-state index is 0.374. The summed E-state index contributed by atoms with van der Waals surface area (Å²) in [6, 6.07) is 27.0. The Labute approximate surface area is 215 Å². The molecule has 1 fully saturated rings. The fourth-order valence-corrected chi connectivity index (χ4v) is 5.93. The summed E-state index contributed by atoms with van der Waals surface area (Å²) >= 11 is 1.67. The molecule has 3 heterocycles. The van der Waals surface area contributed by atoms with Crippen LogP contribution in [0.3, 0.4) is 0 Å². The Morgan fingerprint density at radius 1 is 0.917 bits per heavy atom. The zero-order valence-corrected chi connectivity index (χ0v) is 20.9. The van der Waals surface area contributed by atoms with Crippen molar-refractivity contribution in [2.45, 2.75) is 25.3 Å². The summed E-state index contributed by atoms with van der Waals surface area (Å²) in [5.41, 5.74) is 3.60. The molecule has 0 bridgehead atoms. The molecule has 3 aromatic carbocycles. The zero-order chi connectivity index (χ0) is 24.3. The highest BCUT2D eigenvalue weighted by molar-refractivity contribution is 7.17. The van der Waals surface area contributed by atoms with Crippen LogP contribution in [0.5, 0.6) is 17.2 Å². The van der Waals surface area contributed by atoms with E-state index in [0.717, 1.165) is 64.7 Å². The Morgan fingerprint density at radius 2 is 1.75 bits per heavy atom. The first-order valence-electron chi connectivity index (χ1n) is 12.2. The standard InChI is InChI=1S/C30H27N3O2S/c1-34-24-14-12-22(13-15-24)27-19-36-30-28(27)29(31-20-32-30)33-16-6-8-23(33)17-21-7-5-11-26(18-21)35-25-9-3-2-4-10-25/h2-5,7,9-15,18-20,23H,6,8,16-17H2,1H3. The number of methoxy groups -OCH3 is 1. The maximum Gasteiger partial charge on any atom is 0.141 e. The van der Waals surface area contributed by atoms with E-state index in [-0.39, 0.29) is 0 Å². The number of fused-ring (bicyclic) bond motifs is 1. The Bertz CT molecular complexity index is 1470. The lowest BCUT2D eigenvalue weighted by atomic mass is 10.0. The van der Waals surface area contributed by atoms with Crippen LogP contribution in [0, 0.1) is 0 Å². The number of nitrogens with zero attached hydrogens (tertiary/aromatic N) is 3. The van der Waals surface area contributed by atoms with Crippen molar-refractivity contribution in [3.8, 4) is 28.4 Å². The fourth-order valence-electron chi connectivity index (χ4n) is 5.02. The monoisotopic (exact) mass is 493 g/mol. The van der Waals surface area contributed by atoms with Gasteiger partial charge in [-0.3, -0.25) is 0 Å². The van der Waals surface area contributed by atoms with Crippen LogP contribution in [-0.2, 0) is 6.42 Å². The molecule has 1 aliphatic heterocycles. The Morgan fingerprint density at radius 3 is 2.58 bits per heavy atom. The normalized spacial score (nSPS) is 15.4. The lowest BCUT2D eigenvalue weighted by Gasteiger charge is -2.27. The maximum absolute atomic E-state index is 6.08. The van der Waals surface area contributed by atoms with Crippen LogP contribution in [0.4, 0.5) is 5.82 Å². The number of thiophene rings is 1. The van der Waals surface area contributed by atoms with Crippen LogP contribution in [-0.4, -0.2) is 29.7 Å². The zero-order valence-electron chi connectivity index (χ0n) is 20.1. The SMILES string of the molecule is COc1ccc(-c2csc3ncnc(N4CCCC4Cc4cccc(Oc5ccccc5)c4)c23)cc1. The lowest BCUT2D eigenvalue weighted by molar-refractivity contribution is 0.415. The van der Waals surface area contributed by atoms with Gasteiger partial charge in [0, 0.05) is 23.5 Å². The lowest BCUT2D eigenvalue weighted by Crippen LogP contribution is -2.32. The van der Waals surface area contributed by atoms with E-state index in [9.17, 15) is 0 Å². The number of aromatic nitrogens is 2. The molecule has 2 aromatic heterocycles. The Kier molecular flexibility index (Phi) is 6.26. The highest BCUT2D eigenvalue weighted by Gasteiger charge is 2.29. The van der Waals surface area contributed by atoms with E-state index in [4.69, 9.17) is 14.5 Å². The van der Waals surface area contributed by atoms with Gasteiger partial charge in [-0.15, -0.1) is 11.3 Å². The summed E-state index contributed by atoms with van der Waals surface area (Å²) in [5.74, 6) is 3.61. The third-order valence-electron chi connectivity index (χ3n) is 6.75. The molecule has 1 atom stereocenters. The van der Waals surface area contributed by atoms with Gasteiger partial charge in [-0.05, 0) is 66.8 Å².